The minimum absolute atomic E-state index is 0.706. The molecule has 0 spiro atoms. The van der Waals surface area contributed by atoms with Gasteiger partial charge in [0.15, 0.2) is 5.82 Å². The van der Waals surface area contributed by atoms with Crippen molar-refractivity contribution in [2.75, 3.05) is 0 Å². The lowest BCUT2D eigenvalue weighted by Crippen LogP contribution is -1.96. The van der Waals surface area contributed by atoms with Crippen LogP contribution in [0.4, 0.5) is 0 Å². The molecule has 8 aromatic carbocycles. The van der Waals surface area contributed by atoms with E-state index in [1.54, 1.807) is 0 Å². The van der Waals surface area contributed by atoms with E-state index >= 15 is 0 Å². The third-order valence-corrected chi connectivity index (χ3v) is 12.5. The van der Waals surface area contributed by atoms with Gasteiger partial charge in [0.2, 0.25) is 0 Å². The molecule has 0 atom stereocenters. The van der Waals surface area contributed by atoms with E-state index < -0.39 is 0 Å². The molecule has 4 heteroatoms. The Labute approximate surface area is 326 Å². The maximum Gasteiger partial charge on any atom is 0.160 e. The summed E-state index contributed by atoms with van der Waals surface area (Å²) in [6.45, 7) is 0. The van der Waals surface area contributed by atoms with Gasteiger partial charge in [-0.2, -0.15) is 0 Å². The van der Waals surface area contributed by atoms with Crippen LogP contribution in [0.1, 0.15) is 0 Å². The van der Waals surface area contributed by atoms with Crippen molar-refractivity contribution >= 4 is 80.4 Å². The van der Waals surface area contributed by atoms with E-state index in [-0.39, 0.29) is 0 Å². The number of benzene rings is 8. The fourth-order valence-corrected chi connectivity index (χ4v) is 10.0. The Kier molecular flexibility index (Phi) is 6.80. The molecule has 0 saturated carbocycles. The van der Waals surface area contributed by atoms with Gasteiger partial charge in [-0.15, -0.1) is 11.3 Å². The van der Waals surface area contributed by atoms with Crippen LogP contribution in [0.5, 0.6) is 0 Å². The van der Waals surface area contributed by atoms with Crippen LogP contribution in [0, 0.1) is 0 Å². The normalized spacial score (nSPS) is 11.9. The second-order valence-electron chi connectivity index (χ2n) is 14.5. The number of thiophene rings is 1. The second kappa shape index (κ2) is 12.2. The van der Waals surface area contributed by atoms with Crippen molar-refractivity contribution in [2.45, 2.75) is 0 Å². The van der Waals surface area contributed by atoms with Crippen LogP contribution in [0.25, 0.3) is 114 Å². The van der Waals surface area contributed by atoms with Crippen LogP contribution >= 0.6 is 11.3 Å². The molecule has 0 aliphatic rings. The molecule has 12 rings (SSSR count). The summed E-state index contributed by atoms with van der Waals surface area (Å²) in [5, 5.41) is 10.1. The van der Waals surface area contributed by atoms with E-state index in [0.29, 0.717) is 5.82 Å². The molecule has 4 aromatic heterocycles. The molecule has 0 unspecified atom stereocenters. The third-order valence-electron chi connectivity index (χ3n) is 11.4. The van der Waals surface area contributed by atoms with Gasteiger partial charge in [-0.25, -0.2) is 9.97 Å². The highest BCUT2D eigenvalue weighted by molar-refractivity contribution is 7.26. The zero-order chi connectivity index (χ0) is 36.7. The quantitative estimate of drug-likeness (QED) is 0.181. The molecule has 0 N–H and O–H groups in total. The average Bonchev–Trinajstić information content (AvgIpc) is 3.83. The molecule has 0 saturated heterocycles. The SMILES string of the molecule is c1ccc(-c2cccc(-c3cc(-c4ccc5c(c4)c4cccc6c7cccc8sc9cccc(c%10ccccc%10n5c64)c9c87)nc(-c4ccccc4)n3)c2)cc1. The van der Waals surface area contributed by atoms with Gasteiger partial charge in [0.25, 0.3) is 0 Å². The molecule has 12 aromatic rings. The number of nitrogens with zero attached hydrogens (tertiary/aromatic N) is 3. The number of hydrogen-bond acceptors (Lipinski definition) is 3. The summed E-state index contributed by atoms with van der Waals surface area (Å²) in [7, 11) is 0. The summed E-state index contributed by atoms with van der Waals surface area (Å²) in [5.41, 5.74) is 10.8. The van der Waals surface area contributed by atoms with Gasteiger partial charge in [-0.05, 0) is 64.4 Å². The van der Waals surface area contributed by atoms with Gasteiger partial charge in [0.05, 0.1) is 27.9 Å². The molecule has 4 heterocycles. The van der Waals surface area contributed by atoms with Crippen molar-refractivity contribution in [3.8, 4) is 45.0 Å². The minimum atomic E-state index is 0.706. The smallest absolute Gasteiger partial charge is 0.160 e. The summed E-state index contributed by atoms with van der Waals surface area (Å²) in [6, 6.07) is 67.8. The van der Waals surface area contributed by atoms with Crippen LogP contribution in [-0.4, -0.2) is 14.4 Å². The lowest BCUT2D eigenvalue weighted by atomic mass is 9.99. The van der Waals surface area contributed by atoms with Crippen LogP contribution in [0.2, 0.25) is 0 Å². The first-order valence-electron chi connectivity index (χ1n) is 19.0. The molecule has 0 fully saturated rings. The Hall–Kier alpha value is -7.14. The maximum absolute atomic E-state index is 5.25. The highest BCUT2D eigenvalue weighted by Gasteiger charge is 2.19. The van der Waals surface area contributed by atoms with Gasteiger partial charge in [0, 0.05) is 58.4 Å². The lowest BCUT2D eigenvalue weighted by molar-refractivity contribution is 1.18. The highest BCUT2D eigenvalue weighted by Crippen LogP contribution is 2.45. The molecule has 0 radical (unpaired) electrons. The maximum atomic E-state index is 5.25. The van der Waals surface area contributed by atoms with E-state index in [9.17, 15) is 0 Å². The van der Waals surface area contributed by atoms with E-state index in [1.165, 1.54) is 74.6 Å². The van der Waals surface area contributed by atoms with E-state index in [0.717, 1.165) is 33.6 Å². The molecular weight excluding hydrogens is 699 g/mol. The van der Waals surface area contributed by atoms with E-state index in [4.69, 9.17) is 9.97 Å². The van der Waals surface area contributed by atoms with Crippen LogP contribution < -0.4 is 0 Å². The predicted molar refractivity (Wildman–Crippen MR) is 238 cm³/mol. The van der Waals surface area contributed by atoms with Crippen molar-refractivity contribution in [1.29, 1.82) is 0 Å². The van der Waals surface area contributed by atoms with Crippen molar-refractivity contribution in [2.24, 2.45) is 0 Å². The molecule has 0 bridgehead atoms. The zero-order valence-corrected chi connectivity index (χ0v) is 31.0. The first kappa shape index (κ1) is 31.2. The number of para-hydroxylation sites is 2. The van der Waals surface area contributed by atoms with Crippen molar-refractivity contribution < 1.29 is 0 Å². The highest BCUT2D eigenvalue weighted by atomic mass is 32.1. The van der Waals surface area contributed by atoms with Gasteiger partial charge in [-0.3, -0.25) is 0 Å². The third kappa shape index (κ3) is 4.70. The van der Waals surface area contributed by atoms with Gasteiger partial charge < -0.3 is 4.40 Å². The second-order valence-corrected chi connectivity index (χ2v) is 15.6. The van der Waals surface area contributed by atoms with Crippen LogP contribution in [0.3, 0.4) is 0 Å². The summed E-state index contributed by atoms with van der Waals surface area (Å²) in [6.07, 6.45) is 0. The molecule has 0 aliphatic heterocycles. The Balaban J connectivity index is 1.16. The van der Waals surface area contributed by atoms with Crippen molar-refractivity contribution in [3.05, 3.63) is 188 Å². The molecular formula is C52H31N3S. The number of fused-ring (bicyclic) bond motifs is 7. The Morgan fingerprint density at radius 1 is 0.339 bits per heavy atom. The molecule has 0 aliphatic carbocycles. The van der Waals surface area contributed by atoms with E-state index in [2.05, 4.69) is 174 Å². The number of aromatic nitrogens is 3. The number of hydrogen-bond donors (Lipinski definition) is 0. The largest absolute Gasteiger partial charge is 0.308 e. The van der Waals surface area contributed by atoms with Crippen LogP contribution in [-0.2, 0) is 0 Å². The fourth-order valence-electron chi connectivity index (χ4n) is 8.86. The monoisotopic (exact) mass is 729 g/mol. The summed E-state index contributed by atoms with van der Waals surface area (Å²) >= 11 is 1.88. The van der Waals surface area contributed by atoms with Gasteiger partial charge in [0.1, 0.15) is 0 Å². The topological polar surface area (TPSA) is 30.2 Å². The van der Waals surface area contributed by atoms with Crippen LogP contribution in [0.15, 0.2) is 188 Å². The Morgan fingerprint density at radius 3 is 1.61 bits per heavy atom. The summed E-state index contributed by atoms with van der Waals surface area (Å²) in [5.74, 6) is 0.706. The Morgan fingerprint density at radius 2 is 0.857 bits per heavy atom. The Bertz CT molecular complexity index is 3530. The predicted octanol–water partition coefficient (Wildman–Crippen LogP) is 14.4. The van der Waals surface area contributed by atoms with Gasteiger partial charge in [-0.1, -0.05) is 146 Å². The zero-order valence-electron chi connectivity index (χ0n) is 30.1. The minimum Gasteiger partial charge on any atom is -0.308 e. The molecule has 3 nitrogen and oxygen atoms in total. The van der Waals surface area contributed by atoms with Gasteiger partial charge >= 0.3 is 0 Å². The van der Waals surface area contributed by atoms with E-state index in [1.807, 2.05) is 29.5 Å². The fraction of sp³-hybridized carbons (Fsp3) is 0. The summed E-state index contributed by atoms with van der Waals surface area (Å²) < 4.78 is 5.13. The van der Waals surface area contributed by atoms with Crippen molar-refractivity contribution in [1.82, 2.24) is 14.4 Å². The molecule has 260 valence electrons. The molecule has 0 amide bonds. The first-order valence-corrected chi connectivity index (χ1v) is 19.8. The average molecular weight is 730 g/mol. The molecule has 56 heavy (non-hydrogen) atoms. The van der Waals surface area contributed by atoms with Crippen molar-refractivity contribution in [3.63, 3.8) is 0 Å². The lowest BCUT2D eigenvalue weighted by Gasteiger charge is -2.11. The summed E-state index contributed by atoms with van der Waals surface area (Å²) in [4.78, 5) is 10.4. The number of rotatable bonds is 4. The standard InChI is InChI=1S/C52H31N3S/c1-3-13-32(14-4-1)34-17-9-18-35(29-34)43-31-44(54-52(53-43)33-15-5-2-6-16-33)36-27-28-46-42(30-36)41-23-10-22-40-39-21-12-26-48-50(39)49-38(20-11-25-47(49)56-48)37-19-7-8-24-45(37)55(46)51(40)41/h1-31H. The first-order chi connectivity index (χ1) is 27.8.